The molecule has 0 atom stereocenters. The second-order valence-electron chi connectivity index (χ2n) is 3.57. The standard InChI is InChI=1S/C11H3ClFIN4O3/c12-11-16-4-6(13)10(17-11)21-9-7(14)1-5(3-15)2-8(9)18(19)20/h1-2,4H. The summed E-state index contributed by atoms with van der Waals surface area (Å²) in [5.41, 5.74) is -0.396. The summed E-state index contributed by atoms with van der Waals surface area (Å²) in [7, 11) is 0. The lowest BCUT2D eigenvalue weighted by molar-refractivity contribution is -0.385. The van der Waals surface area contributed by atoms with Gasteiger partial charge in [-0.15, -0.1) is 0 Å². The molecule has 10 heteroatoms. The Hall–Kier alpha value is -2.06. The molecule has 0 aliphatic rings. The van der Waals surface area contributed by atoms with Gasteiger partial charge in [0.1, 0.15) is 0 Å². The molecular formula is C11H3ClFIN4O3. The zero-order valence-corrected chi connectivity index (χ0v) is 12.8. The van der Waals surface area contributed by atoms with Crippen molar-refractivity contribution < 1.29 is 14.1 Å². The first kappa shape index (κ1) is 15.3. The molecule has 1 aromatic carbocycles. The van der Waals surface area contributed by atoms with Gasteiger partial charge in [-0.05, 0) is 40.3 Å². The summed E-state index contributed by atoms with van der Waals surface area (Å²) < 4.78 is 18.9. The Bertz CT molecular complexity index is 781. The van der Waals surface area contributed by atoms with Gasteiger partial charge in [-0.1, -0.05) is 0 Å². The molecule has 0 radical (unpaired) electrons. The number of nitriles is 1. The molecular weight excluding hydrogens is 418 g/mol. The van der Waals surface area contributed by atoms with Crippen LogP contribution in [0.1, 0.15) is 5.56 Å². The summed E-state index contributed by atoms with van der Waals surface area (Å²) in [6.07, 6.45) is 0.785. The highest BCUT2D eigenvalue weighted by atomic mass is 127. The van der Waals surface area contributed by atoms with Crippen LogP contribution in [0, 0.1) is 30.8 Å². The van der Waals surface area contributed by atoms with Crippen molar-refractivity contribution >= 4 is 39.9 Å². The van der Waals surface area contributed by atoms with E-state index in [0.717, 1.165) is 12.3 Å². The van der Waals surface area contributed by atoms with E-state index >= 15 is 0 Å². The number of halogens is 3. The minimum Gasteiger partial charge on any atom is -0.428 e. The van der Waals surface area contributed by atoms with Gasteiger partial charge in [0, 0.05) is 6.07 Å². The first-order valence-corrected chi connectivity index (χ1v) is 6.62. The van der Waals surface area contributed by atoms with Gasteiger partial charge in [-0.2, -0.15) is 14.6 Å². The number of nitro groups is 1. The van der Waals surface area contributed by atoms with Crippen molar-refractivity contribution in [1.29, 1.82) is 5.26 Å². The van der Waals surface area contributed by atoms with Crippen LogP contribution in [-0.4, -0.2) is 14.9 Å². The molecule has 0 fully saturated rings. The van der Waals surface area contributed by atoms with Crippen molar-refractivity contribution in [2.24, 2.45) is 0 Å². The maximum absolute atomic E-state index is 13.5. The fourth-order valence-corrected chi connectivity index (χ4v) is 2.23. The largest absolute Gasteiger partial charge is 0.428 e. The fourth-order valence-electron chi connectivity index (χ4n) is 1.38. The topological polar surface area (TPSA) is 102 Å². The highest BCUT2D eigenvalue weighted by Crippen LogP contribution is 2.37. The maximum atomic E-state index is 13.5. The number of nitro benzene ring substituents is 1. The van der Waals surface area contributed by atoms with Gasteiger partial charge < -0.3 is 4.74 Å². The summed E-state index contributed by atoms with van der Waals surface area (Å²) in [4.78, 5) is 17.2. The number of nitrogens with zero attached hydrogens (tertiary/aromatic N) is 4. The third kappa shape index (κ3) is 3.34. The van der Waals surface area contributed by atoms with E-state index in [1.165, 1.54) is 6.07 Å². The van der Waals surface area contributed by atoms with Gasteiger partial charge in [0.05, 0.1) is 26.3 Å². The van der Waals surface area contributed by atoms with Crippen LogP contribution < -0.4 is 4.74 Å². The molecule has 0 N–H and O–H groups in total. The van der Waals surface area contributed by atoms with Crippen molar-refractivity contribution in [3.05, 3.63) is 48.7 Å². The average Bonchev–Trinajstić information content (AvgIpc) is 2.44. The van der Waals surface area contributed by atoms with Crippen molar-refractivity contribution in [3.8, 4) is 17.7 Å². The molecule has 0 saturated heterocycles. The van der Waals surface area contributed by atoms with Gasteiger partial charge in [0.2, 0.25) is 16.9 Å². The zero-order chi connectivity index (χ0) is 15.6. The minimum atomic E-state index is -0.922. The first-order chi connectivity index (χ1) is 9.92. The molecule has 106 valence electrons. The van der Waals surface area contributed by atoms with E-state index in [1.54, 1.807) is 28.7 Å². The summed E-state index contributed by atoms with van der Waals surface area (Å²) in [5, 5.41) is 19.6. The third-order valence-electron chi connectivity index (χ3n) is 2.23. The maximum Gasteiger partial charge on any atom is 0.314 e. The van der Waals surface area contributed by atoms with Gasteiger partial charge >= 0.3 is 5.69 Å². The summed E-state index contributed by atoms with van der Waals surface area (Å²) >= 11 is 7.26. The smallest absolute Gasteiger partial charge is 0.314 e. The van der Waals surface area contributed by atoms with Crippen LogP contribution in [0.15, 0.2) is 18.3 Å². The van der Waals surface area contributed by atoms with Crippen molar-refractivity contribution in [3.63, 3.8) is 0 Å². The van der Waals surface area contributed by atoms with E-state index in [2.05, 4.69) is 9.97 Å². The lowest BCUT2D eigenvalue weighted by Crippen LogP contribution is -2.00. The van der Waals surface area contributed by atoms with E-state index in [-0.39, 0.29) is 20.2 Å². The van der Waals surface area contributed by atoms with Crippen molar-refractivity contribution in [1.82, 2.24) is 9.97 Å². The SMILES string of the molecule is N#Cc1cc(I)c(Oc2nc(Cl)ncc2F)c([N+](=O)[O-])c1. The molecule has 7 nitrogen and oxygen atoms in total. The average molecular weight is 421 g/mol. The van der Waals surface area contributed by atoms with Gasteiger partial charge in [0.25, 0.3) is 5.88 Å². The van der Waals surface area contributed by atoms with E-state index in [4.69, 9.17) is 21.6 Å². The molecule has 0 unspecified atom stereocenters. The Labute approximate surface area is 135 Å². The molecule has 2 aromatic rings. The summed E-state index contributed by atoms with van der Waals surface area (Å²) in [6, 6.07) is 4.18. The van der Waals surface area contributed by atoms with Crippen LogP contribution in [0.25, 0.3) is 0 Å². The number of aromatic nitrogens is 2. The molecule has 0 amide bonds. The normalized spacial score (nSPS) is 10.0. The van der Waals surface area contributed by atoms with E-state index in [9.17, 15) is 14.5 Å². The number of hydrogen-bond acceptors (Lipinski definition) is 6. The highest BCUT2D eigenvalue weighted by Gasteiger charge is 2.23. The van der Waals surface area contributed by atoms with Gasteiger partial charge in [0.15, 0.2) is 0 Å². The number of rotatable bonds is 3. The second-order valence-corrected chi connectivity index (χ2v) is 5.07. The van der Waals surface area contributed by atoms with E-state index in [1.807, 2.05) is 0 Å². The Morgan fingerprint density at radius 2 is 2.24 bits per heavy atom. The highest BCUT2D eigenvalue weighted by molar-refractivity contribution is 14.1. The predicted molar refractivity (Wildman–Crippen MR) is 77.6 cm³/mol. The molecule has 1 aromatic heterocycles. The number of hydrogen-bond donors (Lipinski definition) is 0. The molecule has 0 bridgehead atoms. The quantitative estimate of drug-likeness (QED) is 0.326. The molecule has 0 aliphatic carbocycles. The molecule has 2 rings (SSSR count). The molecule has 1 heterocycles. The first-order valence-electron chi connectivity index (χ1n) is 5.16. The van der Waals surface area contributed by atoms with Gasteiger partial charge in [-0.3, -0.25) is 10.1 Å². The Balaban J connectivity index is 2.56. The van der Waals surface area contributed by atoms with Crippen molar-refractivity contribution in [2.45, 2.75) is 0 Å². The van der Waals surface area contributed by atoms with Crippen LogP contribution in [0.3, 0.4) is 0 Å². The fraction of sp³-hybridized carbons (Fsp3) is 0. The summed E-state index contributed by atoms with van der Waals surface area (Å²) in [5.74, 6) is -1.69. The van der Waals surface area contributed by atoms with Crippen LogP contribution in [0.4, 0.5) is 10.1 Å². The molecule has 0 saturated carbocycles. The molecule has 0 spiro atoms. The lowest BCUT2D eigenvalue weighted by Gasteiger charge is -2.08. The monoisotopic (exact) mass is 420 g/mol. The minimum absolute atomic E-state index is 0.0830. The van der Waals surface area contributed by atoms with E-state index < -0.39 is 22.3 Å². The van der Waals surface area contributed by atoms with Crippen LogP contribution in [0.5, 0.6) is 11.6 Å². The Kier molecular flexibility index (Phi) is 4.49. The zero-order valence-electron chi connectivity index (χ0n) is 9.88. The van der Waals surface area contributed by atoms with Crippen LogP contribution in [0.2, 0.25) is 5.28 Å². The molecule has 21 heavy (non-hydrogen) atoms. The number of benzene rings is 1. The van der Waals surface area contributed by atoms with E-state index in [0.29, 0.717) is 0 Å². The predicted octanol–water partition coefficient (Wildman–Crippen LogP) is 3.45. The Morgan fingerprint density at radius 1 is 1.52 bits per heavy atom. The lowest BCUT2D eigenvalue weighted by atomic mass is 10.2. The van der Waals surface area contributed by atoms with Crippen molar-refractivity contribution in [2.75, 3.05) is 0 Å². The molecule has 0 aliphatic heterocycles. The third-order valence-corrected chi connectivity index (χ3v) is 3.21. The van der Waals surface area contributed by atoms with Gasteiger partial charge in [-0.25, -0.2) is 4.98 Å². The number of ether oxygens (including phenoxy) is 1. The summed E-state index contributed by atoms with van der Waals surface area (Å²) in [6.45, 7) is 0. The Morgan fingerprint density at radius 3 is 2.86 bits per heavy atom. The van der Waals surface area contributed by atoms with Crippen LogP contribution >= 0.6 is 34.2 Å². The second kappa shape index (κ2) is 6.15. The van der Waals surface area contributed by atoms with Crippen LogP contribution in [-0.2, 0) is 0 Å².